The number of fused-ring (bicyclic) bond motifs is 7. The van der Waals surface area contributed by atoms with Gasteiger partial charge in [0, 0.05) is 50.7 Å². The third-order valence-electron chi connectivity index (χ3n) is 16.9. The molecule has 9 nitrogen and oxygen atoms in total. The molecule has 6 aliphatic rings. The minimum Gasteiger partial charge on any atom is -0.462 e. The highest BCUT2D eigenvalue weighted by Gasteiger charge is 2.69. The maximum Gasteiger partial charge on any atom is 0.302 e. The van der Waals surface area contributed by atoms with Crippen molar-refractivity contribution in [2.45, 2.75) is 126 Å². The summed E-state index contributed by atoms with van der Waals surface area (Å²) in [6, 6.07) is 6.18. The molecule has 9 heteroatoms. The fourth-order valence-electron chi connectivity index (χ4n) is 13.6. The Labute approximate surface area is 328 Å². The minimum absolute atomic E-state index is 0.0159. The second-order valence-electron chi connectivity index (χ2n) is 20.5. The van der Waals surface area contributed by atoms with Crippen LogP contribution in [0.1, 0.15) is 125 Å². The van der Waals surface area contributed by atoms with Crippen molar-refractivity contribution in [1.29, 1.82) is 0 Å². The van der Waals surface area contributed by atoms with Crippen molar-refractivity contribution in [3.8, 4) is 0 Å². The molecular formula is C46H65N3O6. The summed E-state index contributed by atoms with van der Waals surface area (Å²) in [4.78, 5) is 54.9. The molecule has 0 bridgehead atoms. The molecule has 1 aliphatic heterocycles. The molecule has 1 aromatic carbocycles. The number of hydrogen-bond donors (Lipinski definition) is 0. The first kappa shape index (κ1) is 39.9. The van der Waals surface area contributed by atoms with Gasteiger partial charge in [-0.1, -0.05) is 66.2 Å². The summed E-state index contributed by atoms with van der Waals surface area (Å²) in [5, 5.41) is 11.0. The molecule has 8 atom stereocenters. The van der Waals surface area contributed by atoms with Crippen LogP contribution in [-0.4, -0.2) is 71.2 Å². The zero-order valence-electron chi connectivity index (χ0n) is 34.7. The number of benzene rings is 1. The highest BCUT2D eigenvalue weighted by Crippen LogP contribution is 2.76. The largest absolute Gasteiger partial charge is 0.462 e. The Bertz CT molecular complexity index is 1770. The van der Waals surface area contributed by atoms with Crippen LogP contribution in [0.25, 0.3) is 6.08 Å². The Morgan fingerprint density at radius 2 is 1.55 bits per heavy atom. The Balaban J connectivity index is 1.07. The maximum absolute atomic E-state index is 15.1. The summed E-state index contributed by atoms with van der Waals surface area (Å²) < 4.78 is 5.96. The van der Waals surface area contributed by atoms with E-state index in [2.05, 4.69) is 64.3 Å². The van der Waals surface area contributed by atoms with Crippen molar-refractivity contribution in [2.75, 3.05) is 32.7 Å². The number of nitro groups is 1. The molecule has 5 aliphatic carbocycles. The van der Waals surface area contributed by atoms with Crippen molar-refractivity contribution >= 4 is 29.4 Å². The molecule has 0 aromatic heterocycles. The van der Waals surface area contributed by atoms with Crippen LogP contribution in [0.2, 0.25) is 0 Å². The second-order valence-corrected chi connectivity index (χ2v) is 20.5. The third-order valence-corrected chi connectivity index (χ3v) is 16.9. The molecule has 1 aromatic rings. The van der Waals surface area contributed by atoms with E-state index in [1.165, 1.54) is 18.6 Å². The Hall–Kier alpha value is -3.33. The molecule has 0 N–H and O–H groups in total. The molecule has 1 heterocycles. The van der Waals surface area contributed by atoms with E-state index in [1.54, 1.807) is 36.8 Å². The first-order chi connectivity index (χ1) is 25.8. The van der Waals surface area contributed by atoms with Gasteiger partial charge >= 0.3 is 5.97 Å². The average molecular weight is 756 g/mol. The monoisotopic (exact) mass is 755 g/mol. The number of nitro benzene ring substituents is 1. The van der Waals surface area contributed by atoms with Crippen molar-refractivity contribution in [3.05, 3.63) is 57.7 Å². The fourth-order valence-corrected chi connectivity index (χ4v) is 13.6. The van der Waals surface area contributed by atoms with Crippen molar-refractivity contribution in [3.63, 3.8) is 0 Å². The first-order valence-electron chi connectivity index (χ1n) is 21.1. The Kier molecular flexibility index (Phi) is 10.1. The lowest BCUT2D eigenvalue weighted by atomic mass is 9.33. The number of carbonyl (C=O) groups excluding carboxylic acids is 3. The summed E-state index contributed by atoms with van der Waals surface area (Å²) in [7, 11) is 0. The number of piperazine rings is 1. The van der Waals surface area contributed by atoms with E-state index in [1.807, 2.05) is 0 Å². The van der Waals surface area contributed by atoms with Crippen molar-refractivity contribution in [1.82, 2.24) is 9.80 Å². The van der Waals surface area contributed by atoms with Gasteiger partial charge in [-0.05, 0) is 127 Å². The fraction of sp³-hybridized carbons (Fsp3) is 0.717. The van der Waals surface area contributed by atoms with Crippen LogP contribution in [0, 0.1) is 60.4 Å². The molecular weight excluding hydrogens is 691 g/mol. The molecule has 1 saturated heterocycles. The Morgan fingerprint density at radius 1 is 0.873 bits per heavy atom. The number of carbonyl (C=O) groups is 3. The van der Waals surface area contributed by atoms with Crippen molar-refractivity contribution < 1.29 is 24.0 Å². The zero-order chi connectivity index (χ0) is 39.8. The number of ketones is 1. The van der Waals surface area contributed by atoms with E-state index in [0.717, 1.165) is 63.4 Å². The number of rotatable bonds is 7. The maximum atomic E-state index is 15.1. The topological polar surface area (TPSA) is 110 Å². The SMILES string of the molecule is CC(=O)O[C@H]1CC[C@]2(C)[C@H]3CC=C4[C@@H]5CC(C)(C)CC[C@]5(C(=O)N5CCN(CC(=O)/C=C/c6ccc([N+](=O)[O-])cc6)CC5)CC[C@@]4(C)[C@]3(C)CC[C@H]2C1(C)C. The smallest absolute Gasteiger partial charge is 0.302 e. The number of amides is 1. The van der Waals surface area contributed by atoms with Gasteiger partial charge in [0.25, 0.3) is 5.69 Å². The number of esters is 1. The van der Waals surface area contributed by atoms with Crippen LogP contribution in [0.3, 0.4) is 0 Å². The number of hydrogen-bond acceptors (Lipinski definition) is 7. The van der Waals surface area contributed by atoms with Gasteiger partial charge in [0.15, 0.2) is 5.78 Å². The van der Waals surface area contributed by atoms with Crippen LogP contribution >= 0.6 is 0 Å². The first-order valence-corrected chi connectivity index (χ1v) is 21.1. The highest BCUT2D eigenvalue weighted by molar-refractivity contribution is 5.95. The summed E-state index contributed by atoms with van der Waals surface area (Å²) in [5.74, 6) is 1.44. The van der Waals surface area contributed by atoms with Crippen molar-refractivity contribution in [2.24, 2.45) is 50.2 Å². The zero-order valence-corrected chi connectivity index (χ0v) is 34.7. The molecule has 0 radical (unpaired) electrons. The second kappa shape index (κ2) is 13.9. The van der Waals surface area contributed by atoms with Crippen LogP contribution in [-0.2, 0) is 19.1 Å². The standard InChI is InChI=1S/C46H65N3O6/c1-31(50)55-39-18-19-43(6)37(42(39,4)5)17-20-45(8)38(43)16-15-35-36-29-41(2,3)21-23-46(36,24-22-44(35,45)7)40(52)48-27-25-47(26-28-48)30-34(51)14-11-32-9-12-33(13-10-32)49(53)54/h9-15,36-39H,16-30H2,1-8H3/b14-11+/t36-,37-,38+,39-,43-,44+,45+,46-/m0/s1. The molecule has 300 valence electrons. The molecule has 1 amide bonds. The minimum atomic E-state index is -0.432. The van der Waals surface area contributed by atoms with Gasteiger partial charge in [0.05, 0.1) is 16.9 Å². The average Bonchev–Trinajstić information content (AvgIpc) is 3.12. The number of non-ortho nitro benzene ring substituents is 1. The summed E-state index contributed by atoms with van der Waals surface area (Å²) in [5.41, 5.74) is 2.41. The normalized spacial score (nSPS) is 38.1. The number of nitrogens with zero attached hydrogens (tertiary/aromatic N) is 3. The lowest BCUT2D eigenvalue weighted by molar-refractivity contribution is -0.384. The quantitative estimate of drug-likeness (QED) is 0.0898. The molecule has 4 saturated carbocycles. The van der Waals surface area contributed by atoms with Crippen LogP contribution in [0.4, 0.5) is 5.69 Å². The van der Waals surface area contributed by atoms with E-state index in [-0.39, 0.29) is 62.0 Å². The summed E-state index contributed by atoms with van der Waals surface area (Å²) in [6.45, 7) is 21.7. The lowest BCUT2D eigenvalue weighted by Crippen LogP contribution is -2.66. The van der Waals surface area contributed by atoms with E-state index in [0.29, 0.717) is 50.5 Å². The van der Waals surface area contributed by atoms with Gasteiger partial charge < -0.3 is 9.64 Å². The predicted molar refractivity (Wildman–Crippen MR) is 215 cm³/mol. The van der Waals surface area contributed by atoms with Gasteiger partial charge in [0.1, 0.15) is 6.10 Å². The molecule has 7 rings (SSSR count). The van der Waals surface area contributed by atoms with Gasteiger partial charge in [-0.2, -0.15) is 0 Å². The molecule has 5 fully saturated rings. The van der Waals surface area contributed by atoms with Gasteiger partial charge in [0.2, 0.25) is 5.91 Å². The van der Waals surface area contributed by atoms with E-state index < -0.39 is 4.92 Å². The predicted octanol–water partition coefficient (Wildman–Crippen LogP) is 9.05. The van der Waals surface area contributed by atoms with Gasteiger partial charge in [-0.3, -0.25) is 29.4 Å². The molecule has 0 spiro atoms. The van der Waals surface area contributed by atoms with E-state index in [9.17, 15) is 19.7 Å². The Morgan fingerprint density at radius 3 is 2.20 bits per heavy atom. The van der Waals surface area contributed by atoms with Crippen LogP contribution in [0.15, 0.2) is 42.0 Å². The summed E-state index contributed by atoms with van der Waals surface area (Å²) in [6.07, 6.45) is 16.3. The van der Waals surface area contributed by atoms with Gasteiger partial charge in [-0.15, -0.1) is 0 Å². The van der Waals surface area contributed by atoms with E-state index >= 15 is 4.79 Å². The number of allylic oxidation sites excluding steroid dienone is 2. The molecule has 0 unspecified atom stereocenters. The van der Waals surface area contributed by atoms with Crippen LogP contribution in [0.5, 0.6) is 0 Å². The molecule has 55 heavy (non-hydrogen) atoms. The lowest BCUT2D eigenvalue weighted by Gasteiger charge is -2.71. The highest BCUT2D eigenvalue weighted by atomic mass is 16.6. The third kappa shape index (κ3) is 6.62. The number of ether oxygens (including phenoxy) is 1. The van der Waals surface area contributed by atoms with Gasteiger partial charge in [-0.25, -0.2) is 0 Å². The van der Waals surface area contributed by atoms with Crippen LogP contribution < -0.4 is 0 Å². The summed E-state index contributed by atoms with van der Waals surface area (Å²) >= 11 is 0. The van der Waals surface area contributed by atoms with E-state index in [4.69, 9.17) is 4.74 Å².